The molecule has 3 rings (SSSR count). The first-order valence-electron chi connectivity index (χ1n) is 11.6. The highest BCUT2D eigenvalue weighted by Crippen LogP contribution is 2.30. The highest BCUT2D eigenvalue weighted by Gasteiger charge is 2.27. The van der Waals surface area contributed by atoms with Gasteiger partial charge in [0.2, 0.25) is 15.9 Å². The average Bonchev–Trinajstić information content (AvgIpc) is 2.92. The lowest BCUT2D eigenvalue weighted by Crippen LogP contribution is -2.48. The lowest BCUT2D eigenvalue weighted by molar-refractivity contribution is -0.122. The second-order valence-corrected chi connectivity index (χ2v) is 9.82. The highest BCUT2D eigenvalue weighted by molar-refractivity contribution is 7.89. The van der Waals surface area contributed by atoms with Crippen molar-refractivity contribution in [3.8, 4) is 23.0 Å². The monoisotopic (exact) mass is 528 g/mol. The lowest BCUT2D eigenvalue weighted by atomic mass is 10.1. The molecule has 37 heavy (non-hydrogen) atoms. The summed E-state index contributed by atoms with van der Waals surface area (Å²) in [6.45, 7) is 0.303. The Morgan fingerprint density at radius 3 is 1.97 bits per heavy atom. The van der Waals surface area contributed by atoms with Gasteiger partial charge in [0, 0.05) is 12.6 Å². The Labute approximate surface area is 217 Å². The number of rotatable bonds is 13. The maximum absolute atomic E-state index is 13.2. The summed E-state index contributed by atoms with van der Waals surface area (Å²) in [6.07, 6.45) is 0.697. The standard InChI is InChI=1S/C27H32N2O7S/c1-33-23-12-10-20(17-25(23)35-3)14-15-28-27(30)22(16-19-8-6-5-7-9-19)29-37(31,32)21-11-13-24(34-2)26(18-21)36-4/h5-13,17-18,22,29H,14-16H2,1-4H3,(H,28,30)/t22-/m1/s1. The van der Waals surface area contributed by atoms with Gasteiger partial charge >= 0.3 is 0 Å². The first kappa shape index (κ1) is 27.8. The lowest BCUT2D eigenvalue weighted by Gasteiger charge is -2.19. The summed E-state index contributed by atoms with van der Waals surface area (Å²) >= 11 is 0. The summed E-state index contributed by atoms with van der Waals surface area (Å²) in [5, 5.41) is 2.85. The van der Waals surface area contributed by atoms with Crippen molar-refractivity contribution in [3.63, 3.8) is 0 Å². The number of nitrogens with one attached hydrogen (secondary N) is 2. The molecule has 1 atom stereocenters. The minimum absolute atomic E-state index is 0.0404. The van der Waals surface area contributed by atoms with Crippen LogP contribution in [0.1, 0.15) is 11.1 Å². The summed E-state index contributed by atoms with van der Waals surface area (Å²) in [6, 6.07) is 18.0. The van der Waals surface area contributed by atoms with E-state index < -0.39 is 22.0 Å². The minimum Gasteiger partial charge on any atom is -0.493 e. The van der Waals surface area contributed by atoms with Crippen molar-refractivity contribution < 1.29 is 32.2 Å². The number of methoxy groups -OCH3 is 4. The van der Waals surface area contributed by atoms with Gasteiger partial charge in [-0.25, -0.2) is 8.42 Å². The molecule has 0 heterocycles. The van der Waals surface area contributed by atoms with Crippen LogP contribution in [0.3, 0.4) is 0 Å². The van der Waals surface area contributed by atoms with Gasteiger partial charge in [0.05, 0.1) is 33.3 Å². The fourth-order valence-corrected chi connectivity index (χ4v) is 4.98. The Balaban J connectivity index is 1.76. The number of benzene rings is 3. The highest BCUT2D eigenvalue weighted by atomic mass is 32.2. The fourth-order valence-electron chi connectivity index (χ4n) is 3.77. The Bertz CT molecular complexity index is 1300. The summed E-state index contributed by atoms with van der Waals surface area (Å²) in [5.74, 6) is 1.44. The Morgan fingerprint density at radius 2 is 1.35 bits per heavy atom. The summed E-state index contributed by atoms with van der Waals surface area (Å²) < 4.78 is 50.0. The van der Waals surface area contributed by atoms with Crippen molar-refractivity contribution in [2.45, 2.75) is 23.8 Å². The van der Waals surface area contributed by atoms with Crippen molar-refractivity contribution in [3.05, 3.63) is 77.9 Å². The molecule has 1 amide bonds. The SMILES string of the molecule is COc1ccc(CCNC(=O)[C@@H](Cc2ccccc2)NS(=O)(=O)c2ccc(OC)c(OC)c2)cc1OC. The molecule has 0 aliphatic rings. The van der Waals surface area contributed by atoms with E-state index in [0.717, 1.165) is 11.1 Å². The van der Waals surface area contributed by atoms with E-state index >= 15 is 0 Å². The predicted molar refractivity (Wildman–Crippen MR) is 140 cm³/mol. The molecule has 10 heteroatoms. The zero-order valence-electron chi connectivity index (χ0n) is 21.3. The third-order valence-electron chi connectivity index (χ3n) is 5.72. The first-order valence-corrected chi connectivity index (χ1v) is 13.1. The van der Waals surface area contributed by atoms with E-state index in [-0.39, 0.29) is 17.1 Å². The number of amides is 1. The molecule has 0 aliphatic carbocycles. The number of ether oxygens (including phenoxy) is 4. The van der Waals surface area contributed by atoms with Crippen molar-refractivity contribution in [2.75, 3.05) is 35.0 Å². The average molecular weight is 529 g/mol. The maximum Gasteiger partial charge on any atom is 0.241 e. The van der Waals surface area contributed by atoms with Gasteiger partial charge in [0.1, 0.15) is 6.04 Å². The van der Waals surface area contributed by atoms with Crippen LogP contribution in [-0.4, -0.2) is 55.4 Å². The summed E-state index contributed by atoms with van der Waals surface area (Å²) in [5.41, 5.74) is 1.75. The number of carbonyl (C=O) groups excluding carboxylic acids is 1. The number of sulfonamides is 1. The minimum atomic E-state index is -4.05. The molecule has 0 saturated carbocycles. The molecule has 0 unspecified atom stereocenters. The molecule has 3 aromatic rings. The van der Waals surface area contributed by atoms with Crippen molar-refractivity contribution >= 4 is 15.9 Å². The molecule has 0 radical (unpaired) electrons. The van der Waals surface area contributed by atoms with Gasteiger partial charge in [-0.05, 0) is 48.2 Å². The Kier molecular flexibility index (Phi) is 9.76. The molecular formula is C27H32N2O7S. The van der Waals surface area contributed by atoms with Crippen molar-refractivity contribution in [1.82, 2.24) is 10.0 Å². The molecule has 0 fully saturated rings. The number of hydrogen-bond donors (Lipinski definition) is 2. The van der Waals surface area contributed by atoms with E-state index in [2.05, 4.69) is 10.0 Å². The Morgan fingerprint density at radius 1 is 0.757 bits per heavy atom. The maximum atomic E-state index is 13.2. The van der Waals surface area contributed by atoms with E-state index in [0.29, 0.717) is 30.2 Å². The summed E-state index contributed by atoms with van der Waals surface area (Å²) in [7, 11) is 1.96. The molecule has 0 aromatic heterocycles. The van der Waals surface area contributed by atoms with Crippen LogP contribution in [0.15, 0.2) is 71.6 Å². The van der Waals surface area contributed by atoms with Crippen LogP contribution in [0.4, 0.5) is 0 Å². The van der Waals surface area contributed by atoms with E-state index in [1.165, 1.54) is 32.4 Å². The third-order valence-corrected chi connectivity index (χ3v) is 7.19. The zero-order chi connectivity index (χ0) is 26.8. The van der Waals surface area contributed by atoms with E-state index in [4.69, 9.17) is 18.9 Å². The van der Waals surface area contributed by atoms with Crippen LogP contribution in [0.5, 0.6) is 23.0 Å². The van der Waals surface area contributed by atoms with E-state index in [1.807, 2.05) is 42.5 Å². The molecule has 0 bridgehead atoms. The summed E-state index contributed by atoms with van der Waals surface area (Å²) in [4.78, 5) is 13.1. The van der Waals surface area contributed by atoms with Crippen molar-refractivity contribution in [2.24, 2.45) is 0 Å². The molecule has 198 valence electrons. The molecule has 3 aromatic carbocycles. The van der Waals surface area contributed by atoms with Crippen LogP contribution in [0, 0.1) is 0 Å². The smallest absolute Gasteiger partial charge is 0.241 e. The van der Waals surface area contributed by atoms with Gasteiger partial charge in [-0.15, -0.1) is 0 Å². The van der Waals surface area contributed by atoms with Crippen LogP contribution in [0.2, 0.25) is 0 Å². The van der Waals surface area contributed by atoms with Crippen LogP contribution < -0.4 is 29.0 Å². The van der Waals surface area contributed by atoms with Crippen LogP contribution >= 0.6 is 0 Å². The fraction of sp³-hybridized carbons (Fsp3) is 0.296. The second-order valence-electron chi connectivity index (χ2n) is 8.11. The molecular weight excluding hydrogens is 496 g/mol. The molecule has 0 saturated heterocycles. The number of hydrogen-bond acceptors (Lipinski definition) is 7. The van der Waals surface area contributed by atoms with Gasteiger partial charge in [-0.2, -0.15) is 4.72 Å². The molecule has 0 aliphatic heterocycles. The van der Waals surface area contributed by atoms with Gasteiger partial charge in [-0.1, -0.05) is 36.4 Å². The molecule has 0 spiro atoms. The van der Waals surface area contributed by atoms with Gasteiger partial charge < -0.3 is 24.3 Å². The Hall–Kier alpha value is -3.76. The van der Waals surface area contributed by atoms with E-state index in [1.54, 1.807) is 20.3 Å². The first-order chi connectivity index (χ1) is 17.8. The zero-order valence-corrected chi connectivity index (χ0v) is 22.1. The second kappa shape index (κ2) is 13.0. The topological polar surface area (TPSA) is 112 Å². The van der Waals surface area contributed by atoms with Gasteiger partial charge in [0.15, 0.2) is 23.0 Å². The quantitative estimate of drug-likeness (QED) is 0.351. The van der Waals surface area contributed by atoms with E-state index in [9.17, 15) is 13.2 Å². The molecule has 2 N–H and O–H groups in total. The largest absolute Gasteiger partial charge is 0.493 e. The normalized spacial score (nSPS) is 11.9. The van der Waals surface area contributed by atoms with Crippen LogP contribution in [-0.2, 0) is 27.7 Å². The third kappa shape index (κ3) is 7.37. The van der Waals surface area contributed by atoms with Crippen molar-refractivity contribution in [1.29, 1.82) is 0 Å². The van der Waals surface area contributed by atoms with Gasteiger partial charge in [0.25, 0.3) is 0 Å². The molecule has 9 nitrogen and oxygen atoms in total. The predicted octanol–water partition coefficient (Wildman–Crippen LogP) is 2.97. The van der Waals surface area contributed by atoms with Gasteiger partial charge in [-0.3, -0.25) is 4.79 Å². The van der Waals surface area contributed by atoms with Crippen LogP contribution in [0.25, 0.3) is 0 Å². The number of carbonyl (C=O) groups is 1.